The number of aliphatic imine (C=N–C) groups is 2. The maximum atomic E-state index is 13.8. The molecule has 24 nitrogen and oxygen atoms in total. The molecular weight excluding hydrogens is 1030 g/mol. The third kappa shape index (κ3) is 13.2. The largest absolute Gasteiger partial charge is 0.488 e. The van der Waals surface area contributed by atoms with Gasteiger partial charge in [0.15, 0.2) is 5.17 Å². The molecular formula is C52H48N7O17S+. The van der Waals surface area contributed by atoms with E-state index in [4.69, 9.17) is 24.0 Å². The first-order valence-electron chi connectivity index (χ1n) is 23.5. The molecule has 2 heterocycles. The molecule has 0 aromatic heterocycles. The maximum absolute atomic E-state index is 13.8. The first kappa shape index (κ1) is 55.5. The molecule has 5 aromatic carbocycles. The lowest BCUT2D eigenvalue weighted by molar-refractivity contribution is -0.903. The fourth-order valence-corrected chi connectivity index (χ4v) is 9.55. The number of non-ortho nitro benzene ring substituents is 3. The van der Waals surface area contributed by atoms with Gasteiger partial charge in [-0.05, 0) is 53.8 Å². The van der Waals surface area contributed by atoms with Gasteiger partial charge in [-0.2, -0.15) is 4.99 Å². The summed E-state index contributed by atoms with van der Waals surface area (Å²) in [5, 5.41) is 34.5. The van der Waals surface area contributed by atoms with Gasteiger partial charge in [0, 0.05) is 71.0 Å². The van der Waals surface area contributed by atoms with Crippen molar-refractivity contribution in [3.63, 3.8) is 0 Å². The first-order chi connectivity index (χ1) is 36.6. The number of esters is 3. The number of nitro benzene ring substituents is 3. The molecule has 1 saturated heterocycles. The van der Waals surface area contributed by atoms with Crippen molar-refractivity contribution in [3.8, 4) is 5.75 Å². The minimum absolute atomic E-state index is 0.0396. The highest BCUT2D eigenvalue weighted by Crippen LogP contribution is 2.49. The molecule has 0 radical (unpaired) electrons. The van der Waals surface area contributed by atoms with Crippen LogP contribution in [0.5, 0.6) is 5.75 Å². The average Bonchev–Trinajstić information content (AvgIpc) is 3.77. The van der Waals surface area contributed by atoms with E-state index in [0.29, 0.717) is 47.5 Å². The number of hydrogen-bond acceptors (Lipinski definition) is 18. The summed E-state index contributed by atoms with van der Waals surface area (Å²) in [7, 11) is 4.03. The molecule has 0 unspecified atom stereocenters. The van der Waals surface area contributed by atoms with E-state index < -0.39 is 44.7 Å². The first-order valence-corrected chi connectivity index (χ1v) is 24.5. The number of ether oxygens (including phenoxy) is 3. The predicted molar refractivity (Wildman–Crippen MR) is 275 cm³/mol. The summed E-state index contributed by atoms with van der Waals surface area (Å²) in [5.41, 5.74) is 0.232. The Labute approximate surface area is 441 Å². The van der Waals surface area contributed by atoms with E-state index in [1.54, 1.807) is 6.07 Å². The van der Waals surface area contributed by atoms with Crippen molar-refractivity contribution in [1.29, 1.82) is 0 Å². The van der Waals surface area contributed by atoms with Crippen LogP contribution in [0.4, 0.5) is 21.9 Å². The minimum atomic E-state index is -1.38. The Morgan fingerprint density at radius 1 is 0.727 bits per heavy atom. The van der Waals surface area contributed by atoms with Crippen LogP contribution < -0.4 is 4.74 Å². The summed E-state index contributed by atoms with van der Waals surface area (Å²) in [6.07, 6.45) is -0.193. The molecule has 3 atom stereocenters. The molecule has 2 aliphatic heterocycles. The smallest absolute Gasteiger partial charge is 0.444 e. The Morgan fingerprint density at radius 3 is 1.82 bits per heavy atom. The van der Waals surface area contributed by atoms with Crippen LogP contribution in [0.2, 0.25) is 0 Å². The van der Waals surface area contributed by atoms with Crippen molar-refractivity contribution in [2.24, 2.45) is 27.7 Å². The number of amidine groups is 1. The van der Waals surface area contributed by atoms with E-state index in [0.717, 1.165) is 88.8 Å². The number of thioether (sulfide) groups is 1. The molecule has 0 saturated carbocycles. The Morgan fingerprint density at radius 2 is 1.26 bits per heavy atom. The second kappa shape index (κ2) is 24.0. The number of nitrogens with zero attached hydrogens (tertiary/aromatic N) is 7. The van der Waals surface area contributed by atoms with Gasteiger partial charge >= 0.3 is 30.0 Å². The topological polar surface area (TPSA) is 306 Å². The molecule has 2 amide bonds. The molecule has 7 rings (SSSR count). The van der Waals surface area contributed by atoms with E-state index in [9.17, 15) is 59.1 Å². The quantitative estimate of drug-likeness (QED) is 0.00714. The molecule has 5 aromatic rings. The number of nitro groups is 3. The fraction of sp³-hybridized carbons (Fsp3) is 0.269. The van der Waals surface area contributed by atoms with Crippen molar-refractivity contribution in [2.75, 3.05) is 33.0 Å². The summed E-state index contributed by atoms with van der Waals surface area (Å²) >= 11 is 0.978. The van der Waals surface area contributed by atoms with Gasteiger partial charge in [-0.3, -0.25) is 40.0 Å². The number of rotatable bonds is 19. The van der Waals surface area contributed by atoms with Gasteiger partial charge in [0.1, 0.15) is 24.6 Å². The summed E-state index contributed by atoms with van der Waals surface area (Å²) < 4.78 is 17.0. The van der Waals surface area contributed by atoms with Gasteiger partial charge < -0.3 is 23.6 Å². The Kier molecular flexibility index (Phi) is 17.3. The lowest BCUT2D eigenvalue weighted by atomic mass is 9.74. The highest BCUT2D eigenvalue weighted by Gasteiger charge is 2.59. The van der Waals surface area contributed by atoms with Gasteiger partial charge in [0.25, 0.3) is 17.1 Å². The highest BCUT2D eigenvalue weighted by atomic mass is 32.2. The minimum Gasteiger partial charge on any atom is -0.488 e. The zero-order chi connectivity index (χ0) is 55.7. The Balaban J connectivity index is 1.01. The average molecular weight is 1080 g/mol. The van der Waals surface area contributed by atoms with Gasteiger partial charge in [-0.15, -0.1) is 4.99 Å². The monoisotopic (exact) mass is 1070 g/mol. The molecule has 0 bridgehead atoms. The molecule has 398 valence electrons. The maximum Gasteiger partial charge on any atom is 0.444 e. The van der Waals surface area contributed by atoms with Gasteiger partial charge in [0.2, 0.25) is 12.3 Å². The van der Waals surface area contributed by atoms with E-state index in [-0.39, 0.29) is 80.9 Å². The van der Waals surface area contributed by atoms with Crippen LogP contribution in [0.25, 0.3) is 10.8 Å². The Hall–Kier alpha value is -9.23. The molecule has 0 N–H and O–H groups in total. The van der Waals surface area contributed by atoms with Crippen molar-refractivity contribution in [3.05, 3.63) is 173 Å². The van der Waals surface area contributed by atoms with E-state index >= 15 is 0 Å². The zero-order valence-corrected chi connectivity index (χ0v) is 42.6. The lowest BCUT2D eigenvalue weighted by Gasteiger charge is -2.47. The SMILES string of the molecule is CC(C)[C@H]1C(=O)N2C(C(=O)OC(=O)c3ccc([N+](=O)[O-])cc3)=C(COc3cccc4c(C[N+](C)(C)CCCSC(N=COOC(=O)c5ccc([N+](=O)[O-])cc5)=NC(=O)OC(=O)c5ccc([N+](=O)[O-])cc5)cccc34)[C@H](C)[C@H]12. The number of fused-ring (bicyclic) bond motifs is 2. The normalized spacial score (nSPS) is 16.2. The number of hydrogen-bond donors (Lipinski definition) is 0. The number of carbonyl (C=O) groups excluding carboxylic acids is 6. The highest BCUT2D eigenvalue weighted by molar-refractivity contribution is 8.13. The van der Waals surface area contributed by atoms with E-state index in [1.807, 2.05) is 65.2 Å². The number of β-lactam (4-membered cyclic amide) rings is 1. The van der Waals surface area contributed by atoms with Crippen molar-refractivity contribution < 1.29 is 72.0 Å². The zero-order valence-electron chi connectivity index (χ0n) is 41.8. The number of quaternary nitrogens is 1. The molecule has 2 aliphatic rings. The summed E-state index contributed by atoms with van der Waals surface area (Å²) in [4.78, 5) is 128. The summed E-state index contributed by atoms with van der Waals surface area (Å²) in [5.74, 6) is -4.48. The van der Waals surface area contributed by atoms with Crippen LogP contribution in [-0.2, 0) is 35.4 Å². The number of carbonyl (C=O) groups is 6. The molecule has 25 heteroatoms. The standard InChI is InChI=1S/C52H48N7O17S/c1-30(2)43-44-31(3)41(45(55(44)46(43)60)50(64)74-47(61)32-13-19-36(20-14-32)56(66)67)28-72-42-12-7-10-39-35(9-6-11-40(39)42)27-59(4,5)25-8-26-77-51(53-29-73-76-49(63)34-17-23-38(24-18-34)58(70)71)54-52(65)75-48(62)33-15-21-37(22-16-33)57(68)69/h6-7,9-24,29-31,43-44H,8,25-28H2,1-5H3/q+1/t31-,43+,44+/m0/s1. The predicted octanol–water partition coefficient (Wildman–Crippen LogP) is 8.56. The summed E-state index contributed by atoms with van der Waals surface area (Å²) in [6, 6.07) is 24.4. The molecule has 0 aliphatic carbocycles. The van der Waals surface area contributed by atoms with E-state index in [2.05, 4.69) is 9.98 Å². The van der Waals surface area contributed by atoms with Crippen LogP contribution >= 0.6 is 11.8 Å². The fourth-order valence-electron chi connectivity index (χ4n) is 8.84. The van der Waals surface area contributed by atoms with Crippen LogP contribution in [0.3, 0.4) is 0 Å². The van der Waals surface area contributed by atoms with Gasteiger partial charge in [-0.25, -0.2) is 28.9 Å². The molecule has 0 spiro atoms. The van der Waals surface area contributed by atoms with Crippen LogP contribution in [0, 0.1) is 48.1 Å². The lowest BCUT2D eigenvalue weighted by Crippen LogP contribution is -2.62. The van der Waals surface area contributed by atoms with Crippen LogP contribution in [0.1, 0.15) is 63.8 Å². The molecule has 77 heavy (non-hydrogen) atoms. The van der Waals surface area contributed by atoms with Gasteiger partial charge in [0.05, 0.1) is 64.1 Å². The third-order valence-corrected chi connectivity index (χ3v) is 13.6. The van der Waals surface area contributed by atoms with Crippen molar-refractivity contribution in [1.82, 2.24) is 4.90 Å². The summed E-state index contributed by atoms with van der Waals surface area (Å²) in [6.45, 7) is 6.73. The van der Waals surface area contributed by atoms with Crippen LogP contribution in [-0.4, -0.2) is 111 Å². The third-order valence-electron chi connectivity index (χ3n) is 12.6. The van der Waals surface area contributed by atoms with Crippen LogP contribution in [0.15, 0.2) is 130 Å². The second-order valence-electron chi connectivity index (χ2n) is 18.5. The number of benzene rings is 5. The second-order valence-corrected chi connectivity index (χ2v) is 19.6. The number of amides is 2. The van der Waals surface area contributed by atoms with Gasteiger partial charge in [-0.1, -0.05) is 62.9 Å². The van der Waals surface area contributed by atoms with Crippen molar-refractivity contribution >= 4 is 87.0 Å². The van der Waals surface area contributed by atoms with E-state index in [1.165, 1.54) is 17.0 Å². The molecule has 1 fully saturated rings. The van der Waals surface area contributed by atoms with Crippen molar-refractivity contribution in [2.45, 2.75) is 39.8 Å². The Bertz CT molecular complexity index is 3270.